The monoisotopic (exact) mass is 233 g/mol. The van der Waals surface area contributed by atoms with Crippen molar-refractivity contribution in [3.05, 3.63) is 23.3 Å². The van der Waals surface area contributed by atoms with E-state index in [1.165, 1.54) is 0 Å². The first-order valence-electron chi connectivity index (χ1n) is 5.39. The van der Waals surface area contributed by atoms with Crippen molar-refractivity contribution in [1.29, 1.82) is 5.26 Å². The van der Waals surface area contributed by atoms with E-state index in [1.807, 2.05) is 13.0 Å². The molecule has 0 radical (unpaired) electrons. The van der Waals surface area contributed by atoms with Crippen LogP contribution in [0.2, 0.25) is 0 Å². The topological polar surface area (TPSA) is 51.5 Å². The fraction of sp³-hybridized carbons (Fsp3) is 0.462. The Kier molecular flexibility index (Phi) is 2.95. The lowest BCUT2D eigenvalue weighted by Crippen LogP contribution is -2.46. The Morgan fingerprint density at radius 2 is 2.00 bits per heavy atom. The molecule has 0 saturated carbocycles. The lowest BCUT2D eigenvalue weighted by molar-refractivity contribution is -0.0310. The van der Waals surface area contributed by atoms with Gasteiger partial charge in [0, 0.05) is 11.6 Å². The minimum Gasteiger partial charge on any atom is -0.497 e. The van der Waals surface area contributed by atoms with Crippen molar-refractivity contribution in [2.45, 2.75) is 12.3 Å². The molecule has 0 aromatic heterocycles. The van der Waals surface area contributed by atoms with Gasteiger partial charge in [-0.05, 0) is 18.6 Å². The molecule has 0 spiro atoms. The van der Waals surface area contributed by atoms with E-state index in [2.05, 4.69) is 6.07 Å². The Balaban J connectivity index is 2.57. The van der Waals surface area contributed by atoms with Gasteiger partial charge in [-0.15, -0.1) is 0 Å². The van der Waals surface area contributed by atoms with E-state index in [-0.39, 0.29) is 0 Å². The highest BCUT2D eigenvalue weighted by molar-refractivity contribution is 5.54. The predicted octanol–water partition coefficient (Wildman–Crippen LogP) is 1.80. The first-order valence-corrected chi connectivity index (χ1v) is 5.39. The minimum atomic E-state index is -0.568. The van der Waals surface area contributed by atoms with Crippen molar-refractivity contribution >= 4 is 0 Å². The summed E-state index contributed by atoms with van der Waals surface area (Å²) in [6.07, 6.45) is 0. The summed E-state index contributed by atoms with van der Waals surface area (Å²) in [6, 6.07) is 6.06. The molecule has 1 fully saturated rings. The van der Waals surface area contributed by atoms with E-state index < -0.39 is 5.41 Å². The Morgan fingerprint density at radius 3 is 2.41 bits per heavy atom. The van der Waals surface area contributed by atoms with Crippen molar-refractivity contribution in [3.8, 4) is 17.6 Å². The molecule has 0 bridgehead atoms. The van der Waals surface area contributed by atoms with Gasteiger partial charge in [-0.1, -0.05) is 0 Å². The zero-order valence-electron chi connectivity index (χ0n) is 10.2. The third kappa shape index (κ3) is 1.73. The summed E-state index contributed by atoms with van der Waals surface area (Å²) in [5.74, 6) is 1.42. The molecule has 90 valence electrons. The summed E-state index contributed by atoms with van der Waals surface area (Å²) in [6.45, 7) is 2.80. The summed E-state index contributed by atoms with van der Waals surface area (Å²) in [5, 5.41) is 9.34. The van der Waals surface area contributed by atoms with Gasteiger partial charge in [-0.25, -0.2) is 0 Å². The molecule has 1 aliphatic heterocycles. The zero-order valence-corrected chi connectivity index (χ0v) is 10.2. The molecule has 1 saturated heterocycles. The first-order chi connectivity index (χ1) is 8.16. The van der Waals surface area contributed by atoms with Gasteiger partial charge in [0.25, 0.3) is 0 Å². The SMILES string of the molecule is COc1cc(C)c(C2(C#N)COC2)c(OC)c1. The third-order valence-corrected chi connectivity index (χ3v) is 3.12. The number of benzene rings is 1. The fourth-order valence-electron chi connectivity index (χ4n) is 2.19. The highest BCUT2D eigenvalue weighted by atomic mass is 16.5. The molecule has 1 aromatic carbocycles. The van der Waals surface area contributed by atoms with Crippen LogP contribution in [0.25, 0.3) is 0 Å². The maximum atomic E-state index is 9.34. The van der Waals surface area contributed by atoms with Crippen LogP contribution in [0.1, 0.15) is 11.1 Å². The van der Waals surface area contributed by atoms with Crippen LogP contribution in [0, 0.1) is 18.3 Å². The van der Waals surface area contributed by atoms with Crippen LogP contribution < -0.4 is 9.47 Å². The number of ether oxygens (including phenoxy) is 3. The number of nitrogens with zero attached hydrogens (tertiary/aromatic N) is 1. The van der Waals surface area contributed by atoms with E-state index in [0.717, 1.165) is 16.9 Å². The Morgan fingerprint density at radius 1 is 1.29 bits per heavy atom. The molecule has 4 nitrogen and oxygen atoms in total. The number of aryl methyl sites for hydroxylation is 1. The third-order valence-electron chi connectivity index (χ3n) is 3.12. The van der Waals surface area contributed by atoms with Gasteiger partial charge in [-0.2, -0.15) is 5.26 Å². The van der Waals surface area contributed by atoms with Crippen LogP contribution in [-0.4, -0.2) is 27.4 Å². The van der Waals surface area contributed by atoms with E-state index in [9.17, 15) is 5.26 Å². The summed E-state index contributed by atoms with van der Waals surface area (Å²) in [5.41, 5.74) is 1.34. The molecule has 0 N–H and O–H groups in total. The number of rotatable bonds is 3. The molecule has 1 aromatic rings. The maximum absolute atomic E-state index is 9.34. The van der Waals surface area contributed by atoms with Gasteiger partial charge in [0.1, 0.15) is 16.9 Å². The van der Waals surface area contributed by atoms with E-state index in [0.29, 0.717) is 19.0 Å². The molecule has 0 unspecified atom stereocenters. The average molecular weight is 233 g/mol. The number of hydrogen-bond donors (Lipinski definition) is 0. The van der Waals surface area contributed by atoms with Crippen molar-refractivity contribution < 1.29 is 14.2 Å². The first kappa shape index (κ1) is 11.7. The Hall–Kier alpha value is -1.73. The van der Waals surface area contributed by atoms with Crippen LogP contribution in [0.5, 0.6) is 11.5 Å². The van der Waals surface area contributed by atoms with Crippen molar-refractivity contribution in [3.63, 3.8) is 0 Å². The normalized spacial score (nSPS) is 16.8. The molecule has 0 atom stereocenters. The molecule has 1 heterocycles. The highest BCUT2D eigenvalue weighted by Crippen LogP contribution is 2.41. The Labute approximate surface area is 101 Å². The van der Waals surface area contributed by atoms with Gasteiger partial charge in [0.15, 0.2) is 0 Å². The van der Waals surface area contributed by atoms with Gasteiger partial charge in [0.2, 0.25) is 0 Å². The lowest BCUT2D eigenvalue weighted by atomic mass is 9.77. The van der Waals surface area contributed by atoms with Crippen molar-refractivity contribution in [2.24, 2.45) is 0 Å². The van der Waals surface area contributed by atoms with Crippen molar-refractivity contribution in [2.75, 3.05) is 27.4 Å². The molecule has 2 rings (SSSR count). The van der Waals surface area contributed by atoms with Crippen LogP contribution in [0.3, 0.4) is 0 Å². The number of methoxy groups -OCH3 is 2. The van der Waals surface area contributed by atoms with Gasteiger partial charge >= 0.3 is 0 Å². The lowest BCUT2D eigenvalue weighted by Gasteiger charge is -2.37. The highest BCUT2D eigenvalue weighted by Gasteiger charge is 2.44. The Bertz CT molecular complexity index is 472. The average Bonchev–Trinajstić information content (AvgIpc) is 2.29. The second kappa shape index (κ2) is 4.27. The standard InChI is InChI=1S/C13H15NO3/c1-9-4-10(15-2)5-11(16-3)12(9)13(6-14)7-17-8-13/h4-5H,7-8H2,1-3H3. The predicted molar refractivity (Wildman–Crippen MR) is 62.4 cm³/mol. The maximum Gasteiger partial charge on any atom is 0.132 e. The van der Waals surface area contributed by atoms with E-state index in [1.54, 1.807) is 20.3 Å². The van der Waals surface area contributed by atoms with Crippen molar-refractivity contribution in [1.82, 2.24) is 0 Å². The smallest absolute Gasteiger partial charge is 0.132 e. The molecule has 4 heteroatoms. The molecule has 0 amide bonds. The second-order valence-corrected chi connectivity index (χ2v) is 4.21. The van der Waals surface area contributed by atoms with Crippen LogP contribution in [0.4, 0.5) is 0 Å². The zero-order chi connectivity index (χ0) is 12.5. The molecule has 1 aliphatic rings. The van der Waals surface area contributed by atoms with Crippen LogP contribution >= 0.6 is 0 Å². The minimum absolute atomic E-state index is 0.424. The summed E-state index contributed by atoms with van der Waals surface area (Å²) in [7, 11) is 3.21. The van der Waals surface area contributed by atoms with Gasteiger partial charge in [0.05, 0.1) is 33.5 Å². The fourth-order valence-corrected chi connectivity index (χ4v) is 2.19. The summed E-state index contributed by atoms with van der Waals surface area (Å²) < 4.78 is 15.7. The van der Waals surface area contributed by atoms with Gasteiger partial charge in [-0.3, -0.25) is 0 Å². The van der Waals surface area contributed by atoms with Gasteiger partial charge < -0.3 is 14.2 Å². The molecule has 0 aliphatic carbocycles. The number of nitriles is 1. The summed E-state index contributed by atoms with van der Waals surface area (Å²) >= 11 is 0. The number of hydrogen-bond acceptors (Lipinski definition) is 4. The van der Waals surface area contributed by atoms with Crippen LogP contribution in [-0.2, 0) is 10.2 Å². The molecular weight excluding hydrogens is 218 g/mol. The second-order valence-electron chi connectivity index (χ2n) is 4.21. The largest absolute Gasteiger partial charge is 0.497 e. The quantitative estimate of drug-likeness (QED) is 0.798. The molecular formula is C13H15NO3. The molecule has 17 heavy (non-hydrogen) atoms. The van der Waals surface area contributed by atoms with Crippen LogP contribution in [0.15, 0.2) is 12.1 Å². The summed E-state index contributed by atoms with van der Waals surface area (Å²) in [4.78, 5) is 0. The van der Waals surface area contributed by atoms with E-state index >= 15 is 0 Å². The van der Waals surface area contributed by atoms with E-state index in [4.69, 9.17) is 14.2 Å².